The van der Waals surface area contributed by atoms with Gasteiger partial charge in [-0.15, -0.1) is 5.10 Å². The molecule has 1 atom stereocenters. The average Bonchev–Trinajstić information content (AvgIpc) is 2.08. The first-order valence-corrected chi connectivity index (χ1v) is 3.90. The molecule has 1 heterocycles. The normalized spacial score (nSPS) is 22.6. The lowest BCUT2D eigenvalue weighted by molar-refractivity contribution is 0.253. The van der Waals surface area contributed by atoms with Gasteiger partial charge in [-0.05, 0) is 5.41 Å². The van der Waals surface area contributed by atoms with Crippen molar-refractivity contribution in [3.05, 3.63) is 11.5 Å². The van der Waals surface area contributed by atoms with Crippen molar-refractivity contribution in [1.82, 2.24) is 10.4 Å². The number of hydrogen-bond donors (Lipinski definition) is 0. The van der Waals surface area contributed by atoms with Crippen LogP contribution in [0.25, 0.3) is 0 Å². The molecule has 0 aliphatic heterocycles. The van der Waals surface area contributed by atoms with Crippen molar-refractivity contribution < 1.29 is 4.52 Å². The molecule has 3 heteroatoms. The van der Waals surface area contributed by atoms with E-state index in [0.717, 1.165) is 17.9 Å². The zero-order chi connectivity index (χ0) is 8.06. The third-order valence-electron chi connectivity index (χ3n) is 2.35. The van der Waals surface area contributed by atoms with Gasteiger partial charge in [-0.1, -0.05) is 20.8 Å². The summed E-state index contributed by atoms with van der Waals surface area (Å²) < 4.78 is 4.92. The summed E-state index contributed by atoms with van der Waals surface area (Å²) in [6.45, 7) is 6.65. The summed E-state index contributed by atoms with van der Waals surface area (Å²) in [6.07, 6.45) is 1.01. The van der Waals surface area contributed by atoms with Crippen LogP contribution >= 0.6 is 0 Å². The van der Waals surface area contributed by atoms with Gasteiger partial charge in [-0.3, -0.25) is 0 Å². The van der Waals surface area contributed by atoms with Crippen LogP contribution in [-0.2, 0) is 6.42 Å². The predicted octanol–water partition coefficient (Wildman–Crippen LogP) is 1.76. The van der Waals surface area contributed by atoms with E-state index in [1.54, 1.807) is 0 Å². The van der Waals surface area contributed by atoms with E-state index in [9.17, 15) is 0 Å². The molecule has 11 heavy (non-hydrogen) atoms. The number of aromatic nitrogens is 2. The van der Waals surface area contributed by atoms with Crippen molar-refractivity contribution in [2.24, 2.45) is 5.41 Å². The first-order valence-electron chi connectivity index (χ1n) is 3.90. The van der Waals surface area contributed by atoms with E-state index in [0.29, 0.717) is 11.3 Å². The molecule has 1 aliphatic carbocycles. The van der Waals surface area contributed by atoms with Crippen LogP contribution in [0.3, 0.4) is 0 Å². The molecule has 1 aromatic rings. The molecule has 0 fully saturated rings. The minimum atomic E-state index is 0.297. The molecule has 1 aromatic heterocycles. The smallest absolute Gasteiger partial charge is 0.161 e. The number of fused-ring (bicyclic) bond motifs is 1. The second kappa shape index (κ2) is 1.84. The number of nitrogens with zero attached hydrogens (tertiary/aromatic N) is 2. The lowest BCUT2D eigenvalue weighted by Crippen LogP contribution is -2.28. The van der Waals surface area contributed by atoms with Crippen molar-refractivity contribution in [1.29, 1.82) is 0 Å². The Morgan fingerprint density at radius 1 is 1.45 bits per heavy atom. The first-order chi connectivity index (χ1) is 5.09. The van der Waals surface area contributed by atoms with Crippen LogP contribution < -0.4 is 0 Å². The Hall–Kier alpha value is -0.860. The monoisotopic (exact) mass is 152 g/mol. The maximum atomic E-state index is 4.92. The Labute approximate surface area is 65.8 Å². The minimum absolute atomic E-state index is 0.297. The third-order valence-corrected chi connectivity index (χ3v) is 2.35. The van der Waals surface area contributed by atoms with Crippen molar-refractivity contribution in [2.75, 3.05) is 0 Å². The van der Waals surface area contributed by atoms with E-state index in [1.807, 2.05) is 0 Å². The number of hydrogen-bond acceptors (Lipinski definition) is 3. The molecule has 3 nitrogen and oxygen atoms in total. The molecule has 0 amide bonds. The second-order valence-corrected chi connectivity index (χ2v) is 4.20. The predicted molar refractivity (Wildman–Crippen MR) is 40.2 cm³/mol. The van der Waals surface area contributed by atoms with Gasteiger partial charge in [0, 0.05) is 17.6 Å². The van der Waals surface area contributed by atoms with Crippen LogP contribution in [0.4, 0.5) is 0 Å². The summed E-state index contributed by atoms with van der Waals surface area (Å²) >= 11 is 0. The van der Waals surface area contributed by atoms with Gasteiger partial charge in [0.05, 0.1) is 0 Å². The summed E-state index contributed by atoms with van der Waals surface area (Å²) in [6, 6.07) is 0. The van der Waals surface area contributed by atoms with Gasteiger partial charge < -0.3 is 4.52 Å². The van der Waals surface area contributed by atoms with E-state index in [-0.39, 0.29) is 0 Å². The van der Waals surface area contributed by atoms with Crippen LogP contribution in [0, 0.1) is 5.41 Å². The molecule has 0 bridgehead atoms. The molecule has 2 rings (SSSR count). The lowest BCUT2D eigenvalue weighted by Gasteiger charge is -2.33. The molecule has 0 radical (unpaired) electrons. The fraction of sp³-hybridized carbons (Fsp3) is 0.750. The summed E-state index contributed by atoms with van der Waals surface area (Å²) in [5, 5.41) is 7.46. The van der Waals surface area contributed by atoms with Crippen molar-refractivity contribution in [3.8, 4) is 0 Å². The highest BCUT2D eigenvalue weighted by atomic mass is 16.5. The van der Waals surface area contributed by atoms with Gasteiger partial charge in [0.15, 0.2) is 5.76 Å². The zero-order valence-corrected chi connectivity index (χ0v) is 7.09. The van der Waals surface area contributed by atoms with Crippen LogP contribution in [0.1, 0.15) is 38.1 Å². The Morgan fingerprint density at radius 3 is 2.73 bits per heavy atom. The van der Waals surface area contributed by atoms with E-state index in [4.69, 9.17) is 4.52 Å². The highest BCUT2D eigenvalue weighted by Crippen LogP contribution is 2.45. The molecule has 0 spiro atoms. The Kier molecular flexibility index (Phi) is 1.14. The largest absolute Gasteiger partial charge is 0.342 e. The van der Waals surface area contributed by atoms with E-state index < -0.39 is 0 Å². The standard InChI is InChI=1S/C8H12N2O/c1-8(2,3)5-4-6-7(5)9-10-11-6/h5H,4H2,1-3H3. The molecule has 0 N–H and O–H groups in total. The van der Waals surface area contributed by atoms with E-state index >= 15 is 0 Å². The summed E-state index contributed by atoms with van der Waals surface area (Å²) in [7, 11) is 0. The van der Waals surface area contributed by atoms with Crippen LogP contribution in [0.15, 0.2) is 4.52 Å². The van der Waals surface area contributed by atoms with E-state index in [1.165, 1.54) is 0 Å². The molecule has 0 aromatic carbocycles. The second-order valence-electron chi connectivity index (χ2n) is 4.20. The van der Waals surface area contributed by atoms with Crippen molar-refractivity contribution in [3.63, 3.8) is 0 Å². The average molecular weight is 152 g/mol. The summed E-state index contributed by atoms with van der Waals surface area (Å²) in [5.41, 5.74) is 1.36. The highest BCUT2D eigenvalue weighted by Gasteiger charge is 2.40. The molecular weight excluding hydrogens is 140 g/mol. The fourth-order valence-corrected chi connectivity index (χ4v) is 1.49. The Bertz CT molecular complexity index is 272. The fourth-order valence-electron chi connectivity index (χ4n) is 1.49. The maximum Gasteiger partial charge on any atom is 0.161 e. The molecule has 1 aliphatic rings. The quantitative estimate of drug-likeness (QED) is 0.568. The highest BCUT2D eigenvalue weighted by molar-refractivity contribution is 5.26. The van der Waals surface area contributed by atoms with Crippen LogP contribution in [0.2, 0.25) is 0 Å². The van der Waals surface area contributed by atoms with Crippen LogP contribution in [0.5, 0.6) is 0 Å². The lowest BCUT2D eigenvalue weighted by atomic mass is 9.70. The van der Waals surface area contributed by atoms with Crippen molar-refractivity contribution >= 4 is 0 Å². The van der Waals surface area contributed by atoms with Gasteiger partial charge in [-0.25, -0.2) is 0 Å². The number of rotatable bonds is 0. The molecule has 1 unspecified atom stereocenters. The topological polar surface area (TPSA) is 38.9 Å². The SMILES string of the molecule is CC(C)(C)C1Cc2onnc21. The van der Waals surface area contributed by atoms with Gasteiger partial charge in [0.1, 0.15) is 5.69 Å². The molecule has 0 saturated heterocycles. The third kappa shape index (κ3) is 0.870. The van der Waals surface area contributed by atoms with Gasteiger partial charge in [0.2, 0.25) is 0 Å². The minimum Gasteiger partial charge on any atom is -0.342 e. The van der Waals surface area contributed by atoms with Crippen molar-refractivity contribution in [2.45, 2.75) is 33.1 Å². The first kappa shape index (κ1) is 6.83. The molecular formula is C8H12N2O. The van der Waals surface area contributed by atoms with Gasteiger partial charge in [-0.2, -0.15) is 0 Å². The maximum absolute atomic E-state index is 4.92. The summed E-state index contributed by atoms with van der Waals surface area (Å²) in [5.74, 6) is 1.52. The van der Waals surface area contributed by atoms with E-state index in [2.05, 4.69) is 31.1 Å². The Balaban J connectivity index is 2.28. The molecule has 60 valence electrons. The Morgan fingerprint density at radius 2 is 2.18 bits per heavy atom. The summed E-state index contributed by atoms with van der Waals surface area (Å²) in [4.78, 5) is 0. The van der Waals surface area contributed by atoms with Crippen LogP contribution in [-0.4, -0.2) is 10.4 Å². The molecule has 0 saturated carbocycles. The van der Waals surface area contributed by atoms with Gasteiger partial charge in [0.25, 0.3) is 0 Å². The zero-order valence-electron chi connectivity index (χ0n) is 7.09. The van der Waals surface area contributed by atoms with Gasteiger partial charge >= 0.3 is 0 Å².